The molecule has 0 aliphatic heterocycles. The summed E-state index contributed by atoms with van der Waals surface area (Å²) in [4.78, 5) is 12.0. The van der Waals surface area contributed by atoms with E-state index in [4.69, 9.17) is 11.6 Å². The molecule has 0 aliphatic rings. The number of carbonyl (C=O) groups is 1. The highest BCUT2D eigenvalue weighted by molar-refractivity contribution is 7.00. The Balaban J connectivity index is 2.14. The lowest BCUT2D eigenvalue weighted by atomic mass is 10.2. The summed E-state index contributed by atoms with van der Waals surface area (Å²) in [5, 5.41) is 6.49. The molecular formula is C12H15ClN4OS. The first kappa shape index (κ1) is 14.2. The number of nitrogens with zero attached hydrogens (tertiary/aromatic N) is 2. The Kier molecular flexibility index (Phi) is 4.68. The summed E-state index contributed by atoms with van der Waals surface area (Å²) in [5.41, 5.74) is 1.92. The van der Waals surface area contributed by atoms with Crippen LogP contribution in [0, 0.1) is 0 Å². The Bertz CT molecular complexity index is 586. The number of aromatic nitrogens is 2. The van der Waals surface area contributed by atoms with Crippen molar-refractivity contribution in [2.75, 3.05) is 11.9 Å². The highest BCUT2D eigenvalue weighted by atomic mass is 35.5. The van der Waals surface area contributed by atoms with Crippen molar-refractivity contribution in [3.63, 3.8) is 0 Å². The van der Waals surface area contributed by atoms with Crippen LogP contribution in [0.3, 0.4) is 0 Å². The van der Waals surface area contributed by atoms with Gasteiger partial charge in [0, 0.05) is 12.5 Å². The molecule has 0 saturated heterocycles. The van der Waals surface area contributed by atoms with Gasteiger partial charge in [-0.1, -0.05) is 18.5 Å². The van der Waals surface area contributed by atoms with Crippen molar-refractivity contribution >= 4 is 46.0 Å². The van der Waals surface area contributed by atoms with Crippen molar-refractivity contribution < 1.29 is 4.79 Å². The summed E-state index contributed by atoms with van der Waals surface area (Å²) in [7, 11) is 0. The van der Waals surface area contributed by atoms with Crippen LogP contribution in [0.1, 0.15) is 20.3 Å². The minimum Gasteiger partial charge on any atom is -0.323 e. The van der Waals surface area contributed by atoms with Gasteiger partial charge >= 0.3 is 0 Å². The maximum atomic E-state index is 12.0. The molecule has 0 radical (unpaired) electrons. The third-order valence-corrected chi connectivity index (χ3v) is 3.54. The van der Waals surface area contributed by atoms with Crippen LogP contribution in [-0.4, -0.2) is 27.2 Å². The highest BCUT2D eigenvalue weighted by Crippen LogP contribution is 2.29. The topological polar surface area (TPSA) is 66.9 Å². The second-order valence-corrected chi connectivity index (χ2v) is 5.20. The Hall–Kier alpha value is -1.24. The van der Waals surface area contributed by atoms with E-state index >= 15 is 0 Å². The summed E-state index contributed by atoms with van der Waals surface area (Å²) in [5.74, 6) is -0.0872. The van der Waals surface area contributed by atoms with E-state index in [0.29, 0.717) is 22.6 Å². The Labute approximate surface area is 120 Å². The SMILES string of the molecule is CCNC(C)CC(=O)Nc1c(Cl)ccc2nsnc12. The first-order chi connectivity index (χ1) is 9.11. The number of hydrogen-bond donors (Lipinski definition) is 2. The molecule has 102 valence electrons. The van der Waals surface area contributed by atoms with Crippen LogP contribution in [0.15, 0.2) is 12.1 Å². The smallest absolute Gasteiger partial charge is 0.226 e. The number of hydrogen-bond acceptors (Lipinski definition) is 5. The van der Waals surface area contributed by atoms with Crippen molar-refractivity contribution in [2.24, 2.45) is 0 Å². The molecule has 1 heterocycles. The Morgan fingerprint density at radius 2 is 2.26 bits per heavy atom. The van der Waals surface area contributed by atoms with Gasteiger partial charge in [0.2, 0.25) is 5.91 Å². The molecule has 0 bridgehead atoms. The average Bonchev–Trinajstić information content (AvgIpc) is 2.81. The summed E-state index contributed by atoms with van der Waals surface area (Å²) >= 11 is 7.21. The van der Waals surface area contributed by atoms with Gasteiger partial charge in [-0.3, -0.25) is 4.79 Å². The summed E-state index contributed by atoms with van der Waals surface area (Å²) in [6.07, 6.45) is 0.387. The number of rotatable bonds is 5. The standard InChI is InChI=1S/C12H15ClN4OS/c1-3-14-7(2)6-10(18)15-11-8(13)4-5-9-12(11)17-19-16-9/h4-5,7,14H,3,6H2,1-2H3,(H,15,18). The highest BCUT2D eigenvalue weighted by Gasteiger charge is 2.14. The summed E-state index contributed by atoms with van der Waals surface area (Å²) < 4.78 is 8.29. The van der Waals surface area contributed by atoms with Crippen molar-refractivity contribution in [2.45, 2.75) is 26.3 Å². The van der Waals surface area contributed by atoms with E-state index in [1.165, 1.54) is 0 Å². The van der Waals surface area contributed by atoms with Crippen molar-refractivity contribution in [3.05, 3.63) is 17.2 Å². The second-order valence-electron chi connectivity index (χ2n) is 4.27. The number of nitrogens with one attached hydrogen (secondary N) is 2. The molecule has 0 spiro atoms. The van der Waals surface area contributed by atoms with Gasteiger partial charge < -0.3 is 10.6 Å². The molecule has 0 fully saturated rings. The van der Waals surface area contributed by atoms with Crippen LogP contribution in [0.4, 0.5) is 5.69 Å². The van der Waals surface area contributed by atoms with E-state index in [9.17, 15) is 4.79 Å². The zero-order valence-corrected chi connectivity index (χ0v) is 12.3. The lowest BCUT2D eigenvalue weighted by molar-refractivity contribution is -0.116. The van der Waals surface area contributed by atoms with Gasteiger partial charge in [-0.05, 0) is 25.6 Å². The Morgan fingerprint density at radius 1 is 1.47 bits per heavy atom. The van der Waals surface area contributed by atoms with E-state index in [2.05, 4.69) is 19.4 Å². The third kappa shape index (κ3) is 3.40. The van der Waals surface area contributed by atoms with Gasteiger partial charge in [0.05, 0.1) is 22.4 Å². The molecule has 0 saturated carbocycles. The first-order valence-corrected chi connectivity index (χ1v) is 7.16. The lowest BCUT2D eigenvalue weighted by Crippen LogP contribution is -2.30. The van der Waals surface area contributed by atoms with E-state index in [-0.39, 0.29) is 11.9 Å². The number of benzene rings is 1. The summed E-state index contributed by atoms with van der Waals surface area (Å²) in [6.45, 7) is 4.81. The maximum Gasteiger partial charge on any atom is 0.226 e. The number of anilines is 1. The lowest BCUT2D eigenvalue weighted by Gasteiger charge is -2.12. The van der Waals surface area contributed by atoms with Crippen LogP contribution in [0.5, 0.6) is 0 Å². The monoisotopic (exact) mass is 298 g/mol. The predicted molar refractivity (Wildman–Crippen MR) is 78.8 cm³/mol. The fourth-order valence-electron chi connectivity index (χ4n) is 1.83. The van der Waals surface area contributed by atoms with Crippen LogP contribution in [-0.2, 0) is 4.79 Å². The van der Waals surface area contributed by atoms with E-state index in [1.807, 2.05) is 13.8 Å². The minimum absolute atomic E-state index is 0.0872. The van der Waals surface area contributed by atoms with Gasteiger partial charge in [-0.2, -0.15) is 8.75 Å². The molecule has 0 aliphatic carbocycles. The molecule has 19 heavy (non-hydrogen) atoms. The minimum atomic E-state index is -0.0872. The molecule has 2 rings (SSSR count). The zero-order chi connectivity index (χ0) is 13.8. The summed E-state index contributed by atoms with van der Waals surface area (Å²) in [6, 6.07) is 3.63. The van der Waals surface area contributed by atoms with E-state index in [0.717, 1.165) is 23.8 Å². The zero-order valence-electron chi connectivity index (χ0n) is 10.7. The van der Waals surface area contributed by atoms with E-state index in [1.54, 1.807) is 12.1 Å². The Morgan fingerprint density at radius 3 is 3.00 bits per heavy atom. The molecule has 1 atom stereocenters. The average molecular weight is 299 g/mol. The molecule has 1 unspecified atom stereocenters. The quantitative estimate of drug-likeness (QED) is 0.890. The van der Waals surface area contributed by atoms with E-state index < -0.39 is 0 Å². The van der Waals surface area contributed by atoms with Crippen molar-refractivity contribution in [3.8, 4) is 0 Å². The van der Waals surface area contributed by atoms with Gasteiger partial charge in [-0.25, -0.2) is 0 Å². The maximum absolute atomic E-state index is 12.0. The van der Waals surface area contributed by atoms with Gasteiger partial charge in [-0.15, -0.1) is 0 Å². The molecule has 2 aromatic rings. The van der Waals surface area contributed by atoms with Gasteiger partial charge in [0.25, 0.3) is 0 Å². The molecule has 5 nitrogen and oxygen atoms in total. The van der Waals surface area contributed by atoms with Crippen molar-refractivity contribution in [1.29, 1.82) is 0 Å². The van der Waals surface area contributed by atoms with Crippen molar-refractivity contribution in [1.82, 2.24) is 14.1 Å². The fraction of sp³-hybridized carbons (Fsp3) is 0.417. The van der Waals surface area contributed by atoms with Gasteiger partial charge in [0.1, 0.15) is 11.0 Å². The molecule has 7 heteroatoms. The number of fused-ring (bicyclic) bond motifs is 1. The molecule has 1 amide bonds. The number of halogens is 1. The molecule has 2 N–H and O–H groups in total. The van der Waals surface area contributed by atoms with Gasteiger partial charge in [0.15, 0.2) is 0 Å². The number of amides is 1. The predicted octanol–water partition coefficient (Wildman–Crippen LogP) is 2.67. The van der Waals surface area contributed by atoms with Crippen LogP contribution in [0.2, 0.25) is 5.02 Å². The van der Waals surface area contributed by atoms with Crippen LogP contribution < -0.4 is 10.6 Å². The molecule has 1 aromatic heterocycles. The van der Waals surface area contributed by atoms with Crippen LogP contribution >= 0.6 is 23.3 Å². The largest absolute Gasteiger partial charge is 0.323 e. The second kappa shape index (κ2) is 6.27. The normalized spacial score (nSPS) is 12.6. The molecular weight excluding hydrogens is 284 g/mol. The first-order valence-electron chi connectivity index (χ1n) is 6.05. The third-order valence-electron chi connectivity index (χ3n) is 2.69. The fourth-order valence-corrected chi connectivity index (χ4v) is 2.58. The number of carbonyl (C=O) groups excluding carboxylic acids is 1. The van der Waals surface area contributed by atoms with Crippen LogP contribution in [0.25, 0.3) is 11.0 Å². The molecule has 1 aromatic carbocycles.